The van der Waals surface area contributed by atoms with Crippen LogP contribution in [-0.4, -0.2) is 62.2 Å². The topological polar surface area (TPSA) is 48.9 Å². The highest BCUT2D eigenvalue weighted by Gasteiger charge is 2.27. The minimum atomic E-state index is 0.130. The summed E-state index contributed by atoms with van der Waals surface area (Å²) >= 11 is 0. The minimum Gasteiger partial charge on any atom is -0.497 e. The predicted molar refractivity (Wildman–Crippen MR) is 158 cm³/mol. The first kappa shape index (κ1) is 25.2. The van der Waals surface area contributed by atoms with Crippen LogP contribution in [0.15, 0.2) is 84.9 Å². The van der Waals surface area contributed by atoms with E-state index in [-0.39, 0.29) is 5.91 Å². The van der Waals surface area contributed by atoms with Crippen molar-refractivity contribution in [3.05, 3.63) is 96.1 Å². The maximum absolute atomic E-state index is 13.9. The minimum absolute atomic E-state index is 0.130. The summed E-state index contributed by atoms with van der Waals surface area (Å²) in [5.74, 6) is 2.52. The second-order valence-electron chi connectivity index (χ2n) is 10.6. The lowest BCUT2D eigenvalue weighted by atomic mass is 9.90. The zero-order valence-electron chi connectivity index (χ0n) is 22.6. The number of para-hydroxylation sites is 1. The number of hydrogen-bond acceptors (Lipinski definition) is 5. The number of pyridine rings is 1. The summed E-state index contributed by atoms with van der Waals surface area (Å²) in [4.78, 5) is 25.6. The first-order chi connectivity index (χ1) is 19.2. The van der Waals surface area contributed by atoms with Gasteiger partial charge < -0.3 is 19.4 Å². The van der Waals surface area contributed by atoms with Crippen LogP contribution in [0.4, 0.5) is 11.5 Å². The monoisotopic (exact) mass is 520 g/mol. The van der Waals surface area contributed by atoms with Crippen molar-refractivity contribution >= 4 is 28.3 Å². The van der Waals surface area contributed by atoms with Crippen molar-refractivity contribution in [1.82, 2.24) is 9.88 Å². The summed E-state index contributed by atoms with van der Waals surface area (Å²) in [5.41, 5.74) is 4.25. The standard InChI is InChI=1S/C33H36N4O2/c1-39-28-13-11-27(12-14-28)35-19-21-36(22-20-35)32-24-30(29-9-5-6-10-31(29)34-32)33(38)37-17-15-26(16-18-37)23-25-7-3-2-4-8-25/h2-14,24,26H,15-23H2,1H3. The third kappa shape index (κ3) is 5.56. The number of nitrogens with zero attached hydrogens (tertiary/aromatic N) is 4. The number of rotatable bonds is 6. The molecule has 2 saturated heterocycles. The predicted octanol–water partition coefficient (Wildman–Crippen LogP) is 5.66. The molecule has 6 nitrogen and oxygen atoms in total. The van der Waals surface area contributed by atoms with Gasteiger partial charge in [-0.25, -0.2) is 4.98 Å². The Morgan fingerprint density at radius 3 is 2.21 bits per heavy atom. The number of piperidine rings is 1. The summed E-state index contributed by atoms with van der Waals surface area (Å²) in [6, 6.07) is 29.0. The van der Waals surface area contributed by atoms with E-state index in [9.17, 15) is 4.79 Å². The van der Waals surface area contributed by atoms with Crippen molar-refractivity contribution in [3.8, 4) is 5.75 Å². The van der Waals surface area contributed by atoms with Gasteiger partial charge in [0.1, 0.15) is 11.6 Å². The molecule has 0 bridgehead atoms. The molecule has 0 unspecified atom stereocenters. The molecule has 1 aromatic heterocycles. The number of likely N-dealkylation sites (tertiary alicyclic amines) is 1. The van der Waals surface area contributed by atoms with Gasteiger partial charge in [-0.2, -0.15) is 0 Å². The number of aromatic nitrogens is 1. The van der Waals surface area contributed by atoms with E-state index in [1.165, 1.54) is 11.3 Å². The first-order valence-electron chi connectivity index (χ1n) is 14.0. The lowest BCUT2D eigenvalue weighted by molar-refractivity contribution is 0.0692. The Kier molecular flexibility index (Phi) is 7.35. The molecule has 2 aliphatic heterocycles. The maximum Gasteiger partial charge on any atom is 0.254 e. The molecule has 2 fully saturated rings. The zero-order chi connectivity index (χ0) is 26.6. The Balaban J connectivity index is 1.16. The molecule has 6 rings (SSSR count). The van der Waals surface area contributed by atoms with E-state index < -0.39 is 0 Å². The molecular formula is C33H36N4O2. The number of carbonyl (C=O) groups is 1. The summed E-state index contributed by atoms with van der Waals surface area (Å²) in [7, 11) is 1.69. The summed E-state index contributed by atoms with van der Waals surface area (Å²) in [6.07, 6.45) is 3.18. The molecule has 1 amide bonds. The van der Waals surface area contributed by atoms with E-state index in [1.807, 2.05) is 42.5 Å². The molecule has 0 aliphatic carbocycles. The van der Waals surface area contributed by atoms with Gasteiger partial charge in [0, 0.05) is 50.3 Å². The number of amides is 1. The Hall–Kier alpha value is -4.06. The van der Waals surface area contributed by atoms with E-state index in [0.29, 0.717) is 5.92 Å². The van der Waals surface area contributed by atoms with Crippen molar-refractivity contribution in [2.75, 3.05) is 56.2 Å². The van der Waals surface area contributed by atoms with Crippen LogP contribution in [0.5, 0.6) is 5.75 Å². The molecule has 0 N–H and O–H groups in total. The smallest absolute Gasteiger partial charge is 0.254 e. The van der Waals surface area contributed by atoms with Gasteiger partial charge >= 0.3 is 0 Å². The van der Waals surface area contributed by atoms with Crippen LogP contribution in [0.2, 0.25) is 0 Å². The molecule has 2 aliphatic rings. The average molecular weight is 521 g/mol. The van der Waals surface area contributed by atoms with Gasteiger partial charge in [-0.15, -0.1) is 0 Å². The number of benzene rings is 3. The van der Waals surface area contributed by atoms with Crippen molar-refractivity contribution in [2.24, 2.45) is 5.92 Å². The number of anilines is 2. The fraction of sp³-hybridized carbons (Fsp3) is 0.333. The number of carbonyl (C=O) groups excluding carboxylic acids is 1. The van der Waals surface area contributed by atoms with Crippen LogP contribution < -0.4 is 14.5 Å². The molecule has 4 aromatic rings. The summed E-state index contributed by atoms with van der Waals surface area (Å²) < 4.78 is 5.30. The third-order valence-corrected chi connectivity index (χ3v) is 8.24. The van der Waals surface area contributed by atoms with Crippen LogP contribution in [-0.2, 0) is 6.42 Å². The van der Waals surface area contributed by atoms with Gasteiger partial charge in [-0.05, 0) is 67.1 Å². The normalized spacial score (nSPS) is 16.5. The van der Waals surface area contributed by atoms with Crippen LogP contribution >= 0.6 is 0 Å². The second kappa shape index (κ2) is 11.4. The fourth-order valence-corrected chi connectivity index (χ4v) is 5.95. The molecule has 0 radical (unpaired) electrons. The fourth-order valence-electron chi connectivity index (χ4n) is 5.95. The van der Waals surface area contributed by atoms with E-state index >= 15 is 0 Å². The van der Waals surface area contributed by atoms with Crippen molar-refractivity contribution in [1.29, 1.82) is 0 Å². The largest absolute Gasteiger partial charge is 0.497 e. The Labute approximate surface area is 230 Å². The van der Waals surface area contributed by atoms with E-state index in [1.54, 1.807) is 7.11 Å². The summed E-state index contributed by atoms with van der Waals surface area (Å²) in [5, 5.41) is 0.939. The molecule has 0 spiro atoms. The summed E-state index contributed by atoms with van der Waals surface area (Å²) in [6.45, 7) is 5.13. The maximum atomic E-state index is 13.9. The number of fused-ring (bicyclic) bond motifs is 1. The molecule has 0 atom stereocenters. The van der Waals surface area contributed by atoms with Gasteiger partial charge in [0.15, 0.2) is 0 Å². The van der Waals surface area contributed by atoms with E-state index in [4.69, 9.17) is 9.72 Å². The second-order valence-corrected chi connectivity index (χ2v) is 10.6. The first-order valence-corrected chi connectivity index (χ1v) is 14.0. The van der Waals surface area contributed by atoms with Crippen LogP contribution in [0.25, 0.3) is 10.9 Å². The molecule has 200 valence electrons. The molecule has 3 aromatic carbocycles. The Morgan fingerprint density at radius 1 is 0.821 bits per heavy atom. The van der Waals surface area contributed by atoms with Crippen molar-refractivity contribution < 1.29 is 9.53 Å². The van der Waals surface area contributed by atoms with Gasteiger partial charge in [-0.3, -0.25) is 4.79 Å². The highest BCUT2D eigenvalue weighted by atomic mass is 16.5. The van der Waals surface area contributed by atoms with E-state index in [2.05, 4.69) is 57.2 Å². The van der Waals surface area contributed by atoms with Crippen LogP contribution in [0.1, 0.15) is 28.8 Å². The Morgan fingerprint density at radius 2 is 1.49 bits per heavy atom. The van der Waals surface area contributed by atoms with Gasteiger partial charge in [0.05, 0.1) is 18.2 Å². The lowest BCUT2D eigenvalue weighted by Crippen LogP contribution is -2.47. The van der Waals surface area contributed by atoms with Crippen molar-refractivity contribution in [2.45, 2.75) is 19.3 Å². The molecule has 0 saturated carbocycles. The average Bonchev–Trinajstić information content (AvgIpc) is 3.01. The molecule has 39 heavy (non-hydrogen) atoms. The lowest BCUT2D eigenvalue weighted by Gasteiger charge is -2.37. The molecule has 6 heteroatoms. The number of hydrogen-bond donors (Lipinski definition) is 0. The zero-order valence-corrected chi connectivity index (χ0v) is 22.6. The number of piperazine rings is 1. The van der Waals surface area contributed by atoms with Crippen molar-refractivity contribution in [3.63, 3.8) is 0 Å². The Bertz CT molecular complexity index is 1410. The van der Waals surface area contributed by atoms with E-state index in [0.717, 1.165) is 86.6 Å². The highest BCUT2D eigenvalue weighted by molar-refractivity contribution is 6.07. The number of methoxy groups -OCH3 is 1. The van der Waals surface area contributed by atoms with Gasteiger partial charge in [0.25, 0.3) is 5.91 Å². The molecular weight excluding hydrogens is 484 g/mol. The van der Waals surface area contributed by atoms with Gasteiger partial charge in [0.2, 0.25) is 0 Å². The van der Waals surface area contributed by atoms with Crippen LogP contribution in [0, 0.1) is 5.92 Å². The number of ether oxygens (including phenoxy) is 1. The molecule has 3 heterocycles. The highest BCUT2D eigenvalue weighted by Crippen LogP contribution is 2.29. The SMILES string of the molecule is COc1ccc(N2CCN(c3cc(C(=O)N4CCC(Cc5ccccc5)CC4)c4ccccc4n3)CC2)cc1. The van der Waals surface area contributed by atoms with Crippen LogP contribution in [0.3, 0.4) is 0 Å². The third-order valence-electron chi connectivity index (χ3n) is 8.24. The van der Waals surface area contributed by atoms with Gasteiger partial charge in [-0.1, -0.05) is 48.5 Å². The quantitative estimate of drug-likeness (QED) is 0.328.